The Bertz CT molecular complexity index is 969. The summed E-state index contributed by atoms with van der Waals surface area (Å²) in [5.74, 6) is -0.730. The summed E-state index contributed by atoms with van der Waals surface area (Å²) >= 11 is 6.18. The number of fused-ring (bicyclic) bond motifs is 2. The van der Waals surface area contributed by atoms with E-state index in [0.29, 0.717) is 40.3 Å². The minimum Gasteiger partial charge on any atom is -0.318 e. The number of amides is 1. The number of nitrogens with zero attached hydrogens (tertiary/aromatic N) is 4. The van der Waals surface area contributed by atoms with Gasteiger partial charge in [-0.3, -0.25) is 4.79 Å². The molecule has 1 aliphatic rings. The monoisotopic (exact) mass is 344 g/mol. The summed E-state index contributed by atoms with van der Waals surface area (Å²) in [6, 6.07) is 4.51. The number of anilines is 1. The average molecular weight is 345 g/mol. The number of aromatic nitrogens is 3. The van der Waals surface area contributed by atoms with E-state index in [1.54, 1.807) is 17.0 Å². The van der Waals surface area contributed by atoms with E-state index in [2.05, 4.69) is 9.97 Å². The normalized spacial score (nSPS) is 14.0. The molecule has 0 aliphatic carbocycles. The second-order valence-electron chi connectivity index (χ2n) is 5.84. The third kappa shape index (κ3) is 2.26. The number of benzene rings is 1. The molecule has 0 saturated carbocycles. The Morgan fingerprint density at radius 1 is 1.33 bits per heavy atom. The van der Waals surface area contributed by atoms with Crippen LogP contribution in [-0.4, -0.2) is 27.0 Å². The maximum Gasteiger partial charge on any atom is 0.260 e. The molecule has 7 heteroatoms. The van der Waals surface area contributed by atoms with Crippen LogP contribution in [0.25, 0.3) is 11.2 Å². The number of pyridine rings is 1. The van der Waals surface area contributed by atoms with E-state index in [4.69, 9.17) is 11.6 Å². The molecule has 122 valence electrons. The van der Waals surface area contributed by atoms with Crippen LogP contribution >= 0.6 is 11.6 Å². The van der Waals surface area contributed by atoms with Crippen LogP contribution < -0.4 is 4.90 Å². The summed E-state index contributed by atoms with van der Waals surface area (Å²) in [6.07, 6.45) is 4.54. The smallest absolute Gasteiger partial charge is 0.260 e. The van der Waals surface area contributed by atoms with Crippen LogP contribution in [0.4, 0.5) is 10.1 Å². The van der Waals surface area contributed by atoms with Crippen molar-refractivity contribution in [2.45, 2.75) is 12.8 Å². The summed E-state index contributed by atoms with van der Waals surface area (Å²) in [4.78, 5) is 22.9. The maximum absolute atomic E-state index is 14.3. The Kier molecular flexibility index (Phi) is 3.49. The molecule has 3 aromatic rings. The highest BCUT2D eigenvalue weighted by atomic mass is 35.5. The zero-order valence-electron chi connectivity index (χ0n) is 13.0. The van der Waals surface area contributed by atoms with Gasteiger partial charge < -0.3 is 9.47 Å². The van der Waals surface area contributed by atoms with Crippen LogP contribution in [0.5, 0.6) is 0 Å². The Morgan fingerprint density at radius 3 is 3.00 bits per heavy atom. The molecule has 3 heterocycles. The zero-order chi connectivity index (χ0) is 16.8. The van der Waals surface area contributed by atoms with Gasteiger partial charge in [-0.25, -0.2) is 14.4 Å². The SMILES string of the molecule is Cn1cnc2cc(C(=O)N3CCCc4c(Cl)ccc(F)c43)cnc21. The number of carbonyl (C=O) groups excluding carboxylic acids is 1. The first-order valence-electron chi connectivity index (χ1n) is 7.62. The van der Waals surface area contributed by atoms with Gasteiger partial charge >= 0.3 is 0 Å². The lowest BCUT2D eigenvalue weighted by atomic mass is 10.0. The second kappa shape index (κ2) is 5.56. The Balaban J connectivity index is 1.79. The van der Waals surface area contributed by atoms with Gasteiger partial charge in [-0.05, 0) is 36.6 Å². The molecular formula is C17H14ClFN4O. The molecule has 4 rings (SSSR count). The Labute approximate surface area is 142 Å². The van der Waals surface area contributed by atoms with E-state index < -0.39 is 5.82 Å². The van der Waals surface area contributed by atoms with Crippen molar-refractivity contribution in [2.75, 3.05) is 11.4 Å². The predicted molar refractivity (Wildman–Crippen MR) is 89.9 cm³/mol. The maximum atomic E-state index is 14.3. The van der Waals surface area contributed by atoms with Gasteiger partial charge in [0.15, 0.2) is 5.65 Å². The summed E-state index contributed by atoms with van der Waals surface area (Å²) in [6.45, 7) is 0.448. The lowest BCUT2D eigenvalue weighted by Crippen LogP contribution is -2.36. The number of halogens is 2. The third-order valence-corrected chi connectivity index (χ3v) is 4.65. The van der Waals surface area contributed by atoms with Gasteiger partial charge in [-0.1, -0.05) is 11.6 Å². The van der Waals surface area contributed by atoms with Crippen molar-refractivity contribution >= 4 is 34.4 Å². The molecule has 0 atom stereocenters. The molecular weight excluding hydrogens is 331 g/mol. The number of hydrogen-bond acceptors (Lipinski definition) is 3. The lowest BCUT2D eigenvalue weighted by molar-refractivity contribution is 0.0984. The number of aryl methyl sites for hydroxylation is 1. The van der Waals surface area contributed by atoms with Gasteiger partial charge in [0.2, 0.25) is 0 Å². The van der Waals surface area contributed by atoms with E-state index in [9.17, 15) is 9.18 Å². The molecule has 0 bridgehead atoms. The van der Waals surface area contributed by atoms with Crippen molar-refractivity contribution in [3.05, 3.63) is 52.7 Å². The molecule has 2 aromatic heterocycles. The highest BCUT2D eigenvalue weighted by molar-refractivity contribution is 6.32. The van der Waals surface area contributed by atoms with Gasteiger partial charge in [0.25, 0.3) is 5.91 Å². The summed E-state index contributed by atoms with van der Waals surface area (Å²) < 4.78 is 16.1. The fraction of sp³-hybridized carbons (Fsp3) is 0.235. The van der Waals surface area contributed by atoms with E-state index in [1.807, 2.05) is 7.05 Å². The summed E-state index contributed by atoms with van der Waals surface area (Å²) in [5.41, 5.74) is 2.67. The third-order valence-electron chi connectivity index (χ3n) is 4.30. The molecule has 1 amide bonds. The van der Waals surface area contributed by atoms with E-state index in [0.717, 1.165) is 6.42 Å². The fourth-order valence-corrected chi connectivity index (χ4v) is 3.38. The second-order valence-corrected chi connectivity index (χ2v) is 6.25. The van der Waals surface area contributed by atoms with Crippen molar-refractivity contribution in [3.8, 4) is 0 Å². The van der Waals surface area contributed by atoms with Crippen LogP contribution in [0.15, 0.2) is 30.7 Å². The topological polar surface area (TPSA) is 51.0 Å². The van der Waals surface area contributed by atoms with Crippen molar-refractivity contribution < 1.29 is 9.18 Å². The van der Waals surface area contributed by atoms with Crippen LogP contribution in [-0.2, 0) is 13.5 Å². The summed E-state index contributed by atoms with van der Waals surface area (Å²) in [7, 11) is 1.84. The molecule has 0 saturated heterocycles. The molecule has 0 fully saturated rings. The fourth-order valence-electron chi connectivity index (χ4n) is 3.13. The van der Waals surface area contributed by atoms with Crippen molar-refractivity contribution in [1.29, 1.82) is 0 Å². The molecule has 5 nitrogen and oxygen atoms in total. The molecule has 1 aromatic carbocycles. The van der Waals surface area contributed by atoms with E-state index in [1.165, 1.54) is 23.2 Å². The first-order valence-corrected chi connectivity index (χ1v) is 8.00. The molecule has 0 unspecified atom stereocenters. The van der Waals surface area contributed by atoms with Crippen LogP contribution in [0, 0.1) is 5.82 Å². The minimum atomic E-state index is -0.436. The Hall–Kier alpha value is -2.47. The highest BCUT2D eigenvalue weighted by Crippen LogP contribution is 2.35. The number of imidazole rings is 1. The standard InChI is InChI=1S/C17H14ClFN4O/c1-22-9-21-14-7-10(8-20-16(14)22)17(24)23-6-2-3-11-12(18)4-5-13(19)15(11)23/h4-5,7-9H,2-3,6H2,1H3. The largest absolute Gasteiger partial charge is 0.318 e. The molecule has 24 heavy (non-hydrogen) atoms. The Morgan fingerprint density at radius 2 is 2.17 bits per heavy atom. The van der Waals surface area contributed by atoms with Crippen molar-refractivity contribution in [1.82, 2.24) is 14.5 Å². The predicted octanol–water partition coefficient (Wildman–Crippen LogP) is 3.35. The summed E-state index contributed by atoms with van der Waals surface area (Å²) in [5, 5.41) is 0.488. The molecule has 1 aliphatic heterocycles. The van der Waals surface area contributed by atoms with Crippen LogP contribution in [0.3, 0.4) is 0 Å². The van der Waals surface area contributed by atoms with E-state index >= 15 is 0 Å². The highest BCUT2D eigenvalue weighted by Gasteiger charge is 2.28. The van der Waals surface area contributed by atoms with Crippen LogP contribution in [0.2, 0.25) is 5.02 Å². The van der Waals surface area contributed by atoms with Gasteiger partial charge in [-0.15, -0.1) is 0 Å². The number of rotatable bonds is 1. The number of carbonyl (C=O) groups is 1. The van der Waals surface area contributed by atoms with E-state index in [-0.39, 0.29) is 11.6 Å². The van der Waals surface area contributed by atoms with Crippen molar-refractivity contribution in [2.24, 2.45) is 7.05 Å². The first-order chi connectivity index (χ1) is 11.6. The van der Waals surface area contributed by atoms with Gasteiger partial charge in [0.05, 0.1) is 17.6 Å². The minimum absolute atomic E-state index is 0.278. The molecule has 0 radical (unpaired) electrons. The van der Waals surface area contributed by atoms with Gasteiger partial charge in [0.1, 0.15) is 11.3 Å². The zero-order valence-corrected chi connectivity index (χ0v) is 13.7. The van der Waals surface area contributed by atoms with Gasteiger partial charge in [-0.2, -0.15) is 0 Å². The van der Waals surface area contributed by atoms with Gasteiger partial charge in [0, 0.05) is 24.8 Å². The first kappa shape index (κ1) is 15.1. The van der Waals surface area contributed by atoms with Crippen molar-refractivity contribution in [3.63, 3.8) is 0 Å². The average Bonchev–Trinajstić information content (AvgIpc) is 2.98. The quantitative estimate of drug-likeness (QED) is 0.680. The number of hydrogen-bond donors (Lipinski definition) is 0. The lowest BCUT2D eigenvalue weighted by Gasteiger charge is -2.30. The molecule has 0 N–H and O–H groups in total. The molecule has 0 spiro atoms. The van der Waals surface area contributed by atoms with Crippen LogP contribution in [0.1, 0.15) is 22.3 Å².